The first kappa shape index (κ1) is 21.3. The van der Waals surface area contributed by atoms with Crippen LogP contribution in [0.15, 0.2) is 35.5 Å². The number of nitrogens with zero attached hydrogens (tertiary/aromatic N) is 5. The number of pyridine rings is 1. The molecular weight excluding hydrogens is 440 g/mol. The number of hydrogen-bond acceptors (Lipinski definition) is 7. The summed E-state index contributed by atoms with van der Waals surface area (Å²) in [6.45, 7) is 4.09. The number of nitrogens with one attached hydrogen (secondary N) is 1. The number of carbonyl (C=O) groups excluding carboxylic acids is 1. The first-order chi connectivity index (χ1) is 15.6. The predicted octanol–water partition coefficient (Wildman–Crippen LogP) is 5.60. The maximum absolute atomic E-state index is 13.1. The molecule has 9 heteroatoms. The number of aromatic nitrogens is 5. The smallest absolute Gasteiger partial charge is 0.239 e. The van der Waals surface area contributed by atoms with Gasteiger partial charge in [0.1, 0.15) is 5.01 Å². The molecule has 1 amide bonds. The van der Waals surface area contributed by atoms with Crippen LogP contribution in [0.1, 0.15) is 61.9 Å². The number of carbonyl (C=O) groups is 1. The molecule has 1 fully saturated rings. The third-order valence-corrected chi connectivity index (χ3v) is 8.42. The van der Waals surface area contributed by atoms with Crippen molar-refractivity contribution < 1.29 is 4.79 Å². The number of aryl methyl sites for hydroxylation is 1. The summed E-state index contributed by atoms with van der Waals surface area (Å²) < 4.78 is 2.04. The lowest BCUT2D eigenvalue weighted by molar-refractivity contribution is -0.115. The summed E-state index contributed by atoms with van der Waals surface area (Å²) in [6.07, 6.45) is 6.82. The number of para-hydroxylation sites is 1. The molecule has 5 rings (SSSR count). The van der Waals surface area contributed by atoms with Crippen molar-refractivity contribution in [2.24, 2.45) is 0 Å². The van der Waals surface area contributed by atoms with Crippen LogP contribution in [0, 0.1) is 6.92 Å². The summed E-state index contributed by atoms with van der Waals surface area (Å²) in [5.74, 6) is 0.416. The van der Waals surface area contributed by atoms with E-state index in [-0.39, 0.29) is 11.2 Å². The third-order valence-electron chi connectivity index (χ3n) is 6.11. The zero-order valence-electron chi connectivity index (χ0n) is 18.2. The molecule has 3 heterocycles. The fourth-order valence-corrected chi connectivity index (χ4v) is 6.27. The highest BCUT2D eigenvalue weighted by atomic mass is 32.2. The van der Waals surface area contributed by atoms with Crippen LogP contribution in [0.5, 0.6) is 0 Å². The molecule has 0 saturated heterocycles. The second-order valence-corrected chi connectivity index (χ2v) is 10.5. The molecule has 3 aromatic heterocycles. The van der Waals surface area contributed by atoms with Crippen LogP contribution < -0.4 is 5.32 Å². The number of thioether (sulfide) groups is 1. The number of rotatable bonds is 6. The minimum absolute atomic E-state index is 0.0722. The molecule has 1 aromatic carbocycles. The summed E-state index contributed by atoms with van der Waals surface area (Å²) in [6, 6.07) is 10.2. The van der Waals surface area contributed by atoms with E-state index in [4.69, 9.17) is 0 Å². The predicted molar refractivity (Wildman–Crippen MR) is 130 cm³/mol. The van der Waals surface area contributed by atoms with Crippen molar-refractivity contribution in [2.45, 2.75) is 68.7 Å². The maximum Gasteiger partial charge on any atom is 0.239 e. The average Bonchev–Trinajstić information content (AvgIpc) is 3.45. The van der Waals surface area contributed by atoms with E-state index in [0.717, 1.165) is 32.3 Å². The van der Waals surface area contributed by atoms with E-state index >= 15 is 0 Å². The lowest BCUT2D eigenvalue weighted by atomic mass is 9.90. The molecule has 0 spiro atoms. The molecule has 1 aliphatic rings. The highest BCUT2D eigenvalue weighted by Crippen LogP contribution is 2.35. The zero-order valence-corrected chi connectivity index (χ0v) is 19.9. The van der Waals surface area contributed by atoms with Gasteiger partial charge in [-0.15, -0.1) is 20.4 Å². The van der Waals surface area contributed by atoms with Crippen molar-refractivity contribution in [1.29, 1.82) is 0 Å². The van der Waals surface area contributed by atoms with Gasteiger partial charge in [-0.05, 0) is 43.9 Å². The fraction of sp³-hybridized carbons (Fsp3) is 0.435. The molecule has 166 valence electrons. The number of hydrogen-bond donors (Lipinski definition) is 1. The van der Waals surface area contributed by atoms with Gasteiger partial charge in [0.15, 0.2) is 10.8 Å². The molecule has 1 N–H and O–H groups in total. The second kappa shape index (κ2) is 9.15. The molecule has 32 heavy (non-hydrogen) atoms. The Hall–Kier alpha value is -2.52. The van der Waals surface area contributed by atoms with Crippen molar-refractivity contribution >= 4 is 50.7 Å². The Labute approximate surface area is 195 Å². The minimum atomic E-state index is -0.301. The third kappa shape index (κ3) is 4.11. The maximum atomic E-state index is 13.1. The van der Waals surface area contributed by atoms with E-state index in [2.05, 4.69) is 44.8 Å². The standard InChI is InChI=1S/C23H26N6OS2/c1-3-18(20(30)24-22-27-26-21(32-22)15-9-5-4-6-10-15)31-23-28-25-19-13-14(2)16-11-7-8-12-17(16)29(19)23/h7-8,11-13,15,18H,3-6,9-10H2,1-2H3,(H,24,27,30). The van der Waals surface area contributed by atoms with E-state index in [1.807, 2.05) is 29.5 Å². The molecule has 1 unspecified atom stereocenters. The molecule has 0 aliphatic heterocycles. The van der Waals surface area contributed by atoms with Gasteiger partial charge in [-0.25, -0.2) is 0 Å². The highest BCUT2D eigenvalue weighted by molar-refractivity contribution is 8.00. The van der Waals surface area contributed by atoms with Crippen LogP contribution in [-0.2, 0) is 4.79 Å². The number of fused-ring (bicyclic) bond motifs is 3. The summed E-state index contributed by atoms with van der Waals surface area (Å²) in [5.41, 5.74) is 3.00. The first-order valence-electron chi connectivity index (χ1n) is 11.2. The van der Waals surface area contributed by atoms with Gasteiger partial charge < -0.3 is 0 Å². The molecule has 4 aromatic rings. The van der Waals surface area contributed by atoms with Crippen molar-refractivity contribution in [3.05, 3.63) is 40.9 Å². The Morgan fingerprint density at radius 2 is 2.00 bits per heavy atom. The Balaban J connectivity index is 1.36. The van der Waals surface area contributed by atoms with Crippen LogP contribution in [-0.4, -0.2) is 36.0 Å². The quantitative estimate of drug-likeness (QED) is 0.372. The molecule has 7 nitrogen and oxygen atoms in total. The molecule has 0 bridgehead atoms. The second-order valence-electron chi connectivity index (χ2n) is 8.31. The largest absolute Gasteiger partial charge is 0.300 e. The summed E-state index contributed by atoms with van der Waals surface area (Å²) in [7, 11) is 0. The molecule has 0 radical (unpaired) electrons. The van der Waals surface area contributed by atoms with Gasteiger partial charge in [-0.3, -0.25) is 14.5 Å². The summed E-state index contributed by atoms with van der Waals surface area (Å²) in [4.78, 5) is 13.1. The van der Waals surface area contributed by atoms with Gasteiger partial charge in [0, 0.05) is 11.3 Å². The summed E-state index contributed by atoms with van der Waals surface area (Å²) >= 11 is 2.95. The Kier molecular flexibility index (Phi) is 6.10. The van der Waals surface area contributed by atoms with Crippen molar-refractivity contribution in [3.8, 4) is 0 Å². The number of anilines is 1. The van der Waals surface area contributed by atoms with Gasteiger partial charge in [-0.2, -0.15) is 0 Å². The van der Waals surface area contributed by atoms with Gasteiger partial charge in [0.25, 0.3) is 0 Å². The van der Waals surface area contributed by atoms with Crippen molar-refractivity contribution in [3.63, 3.8) is 0 Å². The molecule has 1 atom stereocenters. The monoisotopic (exact) mass is 466 g/mol. The van der Waals surface area contributed by atoms with Crippen LogP contribution in [0.4, 0.5) is 5.13 Å². The van der Waals surface area contributed by atoms with Crippen LogP contribution in [0.2, 0.25) is 0 Å². The first-order valence-corrected chi connectivity index (χ1v) is 12.9. The molecule has 1 aliphatic carbocycles. The van der Waals surface area contributed by atoms with Gasteiger partial charge in [0.2, 0.25) is 11.0 Å². The summed E-state index contributed by atoms with van der Waals surface area (Å²) in [5, 5.41) is 23.5. The van der Waals surface area contributed by atoms with Crippen molar-refractivity contribution in [2.75, 3.05) is 5.32 Å². The topological polar surface area (TPSA) is 85.1 Å². The van der Waals surface area contributed by atoms with Crippen LogP contribution in [0.3, 0.4) is 0 Å². The van der Waals surface area contributed by atoms with E-state index < -0.39 is 0 Å². The number of benzene rings is 1. The number of amides is 1. The Morgan fingerprint density at radius 3 is 2.81 bits per heavy atom. The fourth-order valence-electron chi connectivity index (χ4n) is 4.39. The minimum Gasteiger partial charge on any atom is -0.300 e. The Bertz CT molecular complexity index is 1260. The van der Waals surface area contributed by atoms with Gasteiger partial charge >= 0.3 is 0 Å². The van der Waals surface area contributed by atoms with E-state index in [9.17, 15) is 4.79 Å². The van der Waals surface area contributed by atoms with Crippen LogP contribution >= 0.6 is 23.1 Å². The van der Waals surface area contributed by atoms with Crippen LogP contribution in [0.25, 0.3) is 16.6 Å². The van der Waals surface area contributed by atoms with Gasteiger partial charge in [0.05, 0.1) is 10.8 Å². The van der Waals surface area contributed by atoms with Crippen molar-refractivity contribution in [1.82, 2.24) is 24.8 Å². The lowest BCUT2D eigenvalue weighted by Crippen LogP contribution is -2.24. The lowest BCUT2D eigenvalue weighted by Gasteiger charge is -2.18. The SMILES string of the molecule is CCC(Sc1nnc2cc(C)c3ccccc3n12)C(=O)Nc1nnc(C2CCCCC2)s1. The average molecular weight is 467 g/mol. The molecule has 1 saturated carbocycles. The normalized spacial score (nSPS) is 15.9. The van der Waals surface area contributed by atoms with E-state index in [0.29, 0.717) is 17.5 Å². The molecular formula is C23H26N6OS2. The zero-order chi connectivity index (χ0) is 22.1. The van der Waals surface area contributed by atoms with E-state index in [1.54, 1.807) is 0 Å². The Morgan fingerprint density at radius 1 is 1.19 bits per heavy atom. The van der Waals surface area contributed by atoms with Gasteiger partial charge in [-0.1, -0.05) is 67.5 Å². The van der Waals surface area contributed by atoms with E-state index in [1.165, 1.54) is 55.2 Å². The highest BCUT2D eigenvalue weighted by Gasteiger charge is 2.24.